The third-order valence-electron chi connectivity index (χ3n) is 4.75. The number of carboxylic acids is 1. The van der Waals surface area contributed by atoms with Crippen LogP contribution in [0.25, 0.3) is 0 Å². The highest BCUT2D eigenvalue weighted by Crippen LogP contribution is 2.37. The summed E-state index contributed by atoms with van der Waals surface area (Å²) in [5, 5.41) is 9.34. The minimum Gasteiger partial charge on any atom is -0.493 e. The van der Waals surface area contributed by atoms with Gasteiger partial charge in [-0.1, -0.05) is 0 Å². The van der Waals surface area contributed by atoms with Crippen LogP contribution < -0.4 is 20.1 Å². The second kappa shape index (κ2) is 7.19. The summed E-state index contributed by atoms with van der Waals surface area (Å²) < 4.78 is 11.5. The first-order valence-corrected chi connectivity index (χ1v) is 8.52. The van der Waals surface area contributed by atoms with Crippen LogP contribution in [0.2, 0.25) is 0 Å². The van der Waals surface area contributed by atoms with E-state index in [0.717, 1.165) is 24.2 Å². The number of nitrogens with two attached hydrogens (primary N) is 1. The fourth-order valence-electron chi connectivity index (χ4n) is 3.40. The highest BCUT2D eigenvalue weighted by molar-refractivity contribution is 5.90. The molecule has 1 aliphatic heterocycles. The van der Waals surface area contributed by atoms with Crippen molar-refractivity contribution in [1.82, 2.24) is 0 Å². The van der Waals surface area contributed by atoms with Crippen LogP contribution in [0.1, 0.15) is 32.6 Å². The zero-order chi connectivity index (χ0) is 18.0. The van der Waals surface area contributed by atoms with Crippen LogP contribution in [0.15, 0.2) is 41.6 Å². The molecule has 1 saturated carbocycles. The number of aliphatic carboxylic acids is 1. The van der Waals surface area contributed by atoms with Gasteiger partial charge in [-0.2, -0.15) is 0 Å². The van der Waals surface area contributed by atoms with Gasteiger partial charge < -0.3 is 25.2 Å². The summed E-state index contributed by atoms with van der Waals surface area (Å²) in [6, 6.07) is 5.57. The molecule has 0 bridgehead atoms. The average molecular weight is 344 g/mol. The molecule has 2 aliphatic rings. The largest absolute Gasteiger partial charge is 0.493 e. The van der Waals surface area contributed by atoms with Gasteiger partial charge in [0.05, 0.1) is 18.8 Å². The van der Waals surface area contributed by atoms with Gasteiger partial charge in [0.15, 0.2) is 11.5 Å². The monoisotopic (exact) mass is 344 g/mol. The smallest absolute Gasteiger partial charge is 0.335 e. The molecule has 0 saturated heterocycles. The Kier molecular flexibility index (Phi) is 4.99. The maximum absolute atomic E-state index is 11.4. The van der Waals surface area contributed by atoms with E-state index in [-0.39, 0.29) is 11.7 Å². The summed E-state index contributed by atoms with van der Waals surface area (Å²) >= 11 is 0. The van der Waals surface area contributed by atoms with Gasteiger partial charge in [0.2, 0.25) is 0 Å². The van der Waals surface area contributed by atoms with Crippen LogP contribution in [0.5, 0.6) is 11.5 Å². The summed E-state index contributed by atoms with van der Waals surface area (Å²) in [4.78, 5) is 13.2. The number of anilines is 1. The molecule has 3 N–H and O–H groups in total. The third kappa shape index (κ3) is 3.49. The molecule has 6 heteroatoms. The van der Waals surface area contributed by atoms with Crippen molar-refractivity contribution in [1.29, 1.82) is 0 Å². The minimum absolute atomic E-state index is 0.152. The molecule has 0 spiro atoms. The number of carboxylic acid groups (broad SMARTS) is 1. The Labute approximate surface area is 147 Å². The number of hydrogen-bond acceptors (Lipinski definition) is 5. The first-order chi connectivity index (χ1) is 12.0. The van der Waals surface area contributed by atoms with Crippen LogP contribution in [0.3, 0.4) is 0 Å². The van der Waals surface area contributed by atoms with E-state index in [2.05, 4.69) is 0 Å². The number of carbonyl (C=O) groups is 1. The molecule has 1 aliphatic carbocycles. The molecule has 1 fully saturated rings. The third-order valence-corrected chi connectivity index (χ3v) is 4.75. The number of ether oxygens (including phenoxy) is 2. The quantitative estimate of drug-likeness (QED) is 0.854. The van der Waals surface area contributed by atoms with Crippen LogP contribution in [-0.2, 0) is 4.79 Å². The number of methoxy groups -OCH3 is 1. The number of hydrogen-bond donors (Lipinski definition) is 2. The van der Waals surface area contributed by atoms with Crippen molar-refractivity contribution in [2.75, 3.05) is 12.0 Å². The number of allylic oxidation sites excluding steroid dienone is 3. The summed E-state index contributed by atoms with van der Waals surface area (Å²) in [6.07, 6.45) is 7.20. The summed E-state index contributed by atoms with van der Waals surface area (Å²) in [7, 11) is 1.61. The molecule has 1 aromatic carbocycles. The molecule has 25 heavy (non-hydrogen) atoms. The van der Waals surface area contributed by atoms with Gasteiger partial charge in [-0.05, 0) is 56.9 Å². The lowest BCUT2D eigenvalue weighted by Crippen LogP contribution is -2.45. The van der Waals surface area contributed by atoms with E-state index >= 15 is 0 Å². The molecule has 0 amide bonds. The van der Waals surface area contributed by atoms with Crippen molar-refractivity contribution in [2.24, 2.45) is 5.73 Å². The van der Waals surface area contributed by atoms with Crippen molar-refractivity contribution in [3.63, 3.8) is 0 Å². The normalized spacial score (nSPS) is 20.9. The van der Waals surface area contributed by atoms with Crippen molar-refractivity contribution >= 4 is 11.7 Å². The fraction of sp³-hybridized carbons (Fsp3) is 0.421. The van der Waals surface area contributed by atoms with E-state index in [0.29, 0.717) is 11.5 Å². The molecular weight excluding hydrogens is 320 g/mol. The van der Waals surface area contributed by atoms with E-state index in [9.17, 15) is 9.90 Å². The van der Waals surface area contributed by atoms with E-state index in [1.807, 2.05) is 25.1 Å². The Bertz CT molecular complexity index is 720. The van der Waals surface area contributed by atoms with Crippen molar-refractivity contribution in [2.45, 2.75) is 44.9 Å². The first kappa shape index (κ1) is 17.4. The maximum Gasteiger partial charge on any atom is 0.335 e. The molecule has 0 aromatic heterocycles. The lowest BCUT2D eigenvalue weighted by atomic mass is 10.1. The molecule has 6 nitrogen and oxygen atoms in total. The van der Waals surface area contributed by atoms with Crippen LogP contribution in [0, 0.1) is 0 Å². The maximum atomic E-state index is 11.4. The highest BCUT2D eigenvalue weighted by Gasteiger charge is 2.28. The van der Waals surface area contributed by atoms with Crippen molar-refractivity contribution in [3.8, 4) is 11.5 Å². The predicted octanol–water partition coefficient (Wildman–Crippen LogP) is 3.04. The molecule has 1 aromatic rings. The Morgan fingerprint density at radius 2 is 1.96 bits per heavy atom. The Morgan fingerprint density at radius 3 is 2.60 bits per heavy atom. The molecule has 1 atom stereocenters. The lowest BCUT2D eigenvalue weighted by molar-refractivity contribution is -0.132. The Hall–Kier alpha value is -2.47. The zero-order valence-corrected chi connectivity index (χ0v) is 14.6. The summed E-state index contributed by atoms with van der Waals surface area (Å²) in [6.45, 7) is 1.90. The van der Waals surface area contributed by atoms with Gasteiger partial charge in [0.1, 0.15) is 6.17 Å². The minimum atomic E-state index is -1.02. The molecule has 1 heterocycles. The van der Waals surface area contributed by atoms with E-state index in [1.165, 1.54) is 12.8 Å². The van der Waals surface area contributed by atoms with Gasteiger partial charge in [0, 0.05) is 17.5 Å². The second-order valence-electron chi connectivity index (χ2n) is 6.41. The van der Waals surface area contributed by atoms with Gasteiger partial charge in [-0.3, -0.25) is 0 Å². The van der Waals surface area contributed by atoms with E-state index < -0.39 is 12.1 Å². The lowest BCUT2D eigenvalue weighted by Gasteiger charge is -2.34. The van der Waals surface area contributed by atoms with Crippen LogP contribution in [-0.4, -0.2) is 30.5 Å². The van der Waals surface area contributed by atoms with E-state index in [1.54, 1.807) is 24.2 Å². The van der Waals surface area contributed by atoms with Gasteiger partial charge in [-0.15, -0.1) is 0 Å². The van der Waals surface area contributed by atoms with Gasteiger partial charge in [-0.25, -0.2) is 4.79 Å². The van der Waals surface area contributed by atoms with Gasteiger partial charge in [0.25, 0.3) is 0 Å². The van der Waals surface area contributed by atoms with E-state index in [4.69, 9.17) is 15.2 Å². The number of benzene rings is 1. The van der Waals surface area contributed by atoms with Crippen LogP contribution in [0.4, 0.5) is 5.69 Å². The SMILES string of the molecule is COc1ccc(N2C(C)=CC=C(C(=O)O)C2N)cc1OC1CCCC1. The first-order valence-electron chi connectivity index (χ1n) is 8.52. The molecule has 1 unspecified atom stereocenters. The summed E-state index contributed by atoms with van der Waals surface area (Å²) in [5.74, 6) is 0.312. The molecule has 0 radical (unpaired) electrons. The Balaban J connectivity index is 1.92. The van der Waals surface area contributed by atoms with Crippen LogP contribution >= 0.6 is 0 Å². The predicted molar refractivity (Wildman–Crippen MR) is 95.8 cm³/mol. The highest BCUT2D eigenvalue weighted by atomic mass is 16.5. The van der Waals surface area contributed by atoms with Gasteiger partial charge >= 0.3 is 5.97 Å². The standard InChI is InChI=1S/C19H24N2O4/c1-12-7-9-15(19(22)23)18(20)21(12)13-8-10-16(24-2)17(11-13)25-14-5-3-4-6-14/h7-11,14,18H,3-6,20H2,1-2H3,(H,22,23). The van der Waals surface area contributed by atoms with Crippen molar-refractivity contribution < 1.29 is 19.4 Å². The average Bonchev–Trinajstić information content (AvgIpc) is 3.08. The topological polar surface area (TPSA) is 85.0 Å². The Morgan fingerprint density at radius 1 is 1.24 bits per heavy atom. The molecule has 134 valence electrons. The molecular formula is C19H24N2O4. The second-order valence-corrected chi connectivity index (χ2v) is 6.41. The zero-order valence-electron chi connectivity index (χ0n) is 14.6. The van der Waals surface area contributed by atoms with Crippen molar-refractivity contribution in [3.05, 3.63) is 41.6 Å². The number of nitrogens with zero attached hydrogens (tertiary/aromatic N) is 1. The fourth-order valence-corrected chi connectivity index (χ4v) is 3.40. The summed E-state index contributed by atoms with van der Waals surface area (Å²) in [5.41, 5.74) is 8.00. The molecule has 3 rings (SSSR count). The number of rotatable bonds is 5.